The highest BCUT2D eigenvalue weighted by atomic mass is 15.1. The molecule has 1 saturated carbocycles. The molecule has 3 unspecified atom stereocenters. The minimum atomic E-state index is 0.709. The summed E-state index contributed by atoms with van der Waals surface area (Å²) in [6.45, 7) is 5.53. The topological polar surface area (TPSA) is 3.01 Å². The van der Waals surface area contributed by atoms with Crippen molar-refractivity contribution < 1.29 is 4.58 Å². The summed E-state index contributed by atoms with van der Waals surface area (Å²) in [5.41, 5.74) is 3.12. The van der Waals surface area contributed by atoms with Gasteiger partial charge in [-0.2, -0.15) is 0 Å². The van der Waals surface area contributed by atoms with Gasteiger partial charge in [-0.25, -0.2) is 4.58 Å². The highest BCUT2D eigenvalue weighted by Gasteiger charge is 2.59. The second-order valence-corrected chi connectivity index (χ2v) is 5.92. The first-order valence-corrected chi connectivity index (χ1v) is 7.41. The zero-order valence-electron chi connectivity index (χ0n) is 11.6. The van der Waals surface area contributed by atoms with Crippen molar-refractivity contribution in [2.45, 2.75) is 45.6 Å². The molecule has 0 spiro atoms. The van der Waals surface area contributed by atoms with E-state index in [0.717, 1.165) is 11.8 Å². The van der Waals surface area contributed by atoms with Crippen molar-refractivity contribution in [3.63, 3.8) is 0 Å². The number of fused-ring (bicyclic) bond motifs is 2. The van der Waals surface area contributed by atoms with Gasteiger partial charge < -0.3 is 0 Å². The SMILES string of the molecule is CC=C(C)C=CC=CC1C2CC2C2=[N+]1CCCC2. The van der Waals surface area contributed by atoms with E-state index in [2.05, 4.69) is 48.8 Å². The van der Waals surface area contributed by atoms with Gasteiger partial charge in [-0.3, -0.25) is 0 Å². The number of hydrogen-bond acceptors (Lipinski definition) is 0. The Hall–Kier alpha value is -1.11. The van der Waals surface area contributed by atoms with E-state index in [1.807, 2.05) is 0 Å². The minimum Gasteiger partial charge on any atom is -0.230 e. The van der Waals surface area contributed by atoms with Crippen LogP contribution in [0, 0.1) is 11.8 Å². The molecule has 0 aromatic rings. The van der Waals surface area contributed by atoms with Gasteiger partial charge >= 0.3 is 0 Å². The van der Waals surface area contributed by atoms with E-state index in [4.69, 9.17) is 0 Å². The molecule has 0 saturated heterocycles. The molecular weight excluding hydrogens is 218 g/mol. The lowest BCUT2D eigenvalue weighted by atomic mass is 10.1. The number of allylic oxidation sites excluding steroid dienone is 5. The smallest absolute Gasteiger partial charge is 0.175 e. The Morgan fingerprint density at radius 3 is 3.00 bits per heavy atom. The summed E-state index contributed by atoms with van der Waals surface area (Å²) in [7, 11) is 0. The van der Waals surface area contributed by atoms with E-state index < -0.39 is 0 Å². The van der Waals surface area contributed by atoms with E-state index in [9.17, 15) is 0 Å². The monoisotopic (exact) mass is 242 g/mol. The van der Waals surface area contributed by atoms with Gasteiger partial charge in [-0.05, 0) is 32.8 Å². The van der Waals surface area contributed by atoms with Gasteiger partial charge in [0.2, 0.25) is 0 Å². The Bertz CT molecular complexity index is 450. The number of rotatable bonds is 3. The van der Waals surface area contributed by atoms with Crippen LogP contribution < -0.4 is 0 Å². The van der Waals surface area contributed by atoms with Crippen LogP contribution in [-0.4, -0.2) is 22.9 Å². The molecule has 18 heavy (non-hydrogen) atoms. The second-order valence-electron chi connectivity index (χ2n) is 5.92. The maximum absolute atomic E-state index is 2.70. The van der Waals surface area contributed by atoms with Gasteiger partial charge in [0.05, 0.1) is 0 Å². The van der Waals surface area contributed by atoms with E-state index >= 15 is 0 Å². The van der Waals surface area contributed by atoms with Crippen LogP contribution in [0.5, 0.6) is 0 Å². The second kappa shape index (κ2) is 4.87. The molecule has 0 aromatic heterocycles. The summed E-state index contributed by atoms with van der Waals surface area (Å²) in [5, 5.41) is 0. The fourth-order valence-corrected chi connectivity index (χ4v) is 3.55. The van der Waals surface area contributed by atoms with Crippen LogP contribution in [0.4, 0.5) is 0 Å². The van der Waals surface area contributed by atoms with E-state index in [1.54, 1.807) is 5.71 Å². The normalized spacial score (nSPS) is 35.4. The summed E-state index contributed by atoms with van der Waals surface area (Å²) in [6.07, 6.45) is 16.9. The maximum Gasteiger partial charge on any atom is 0.175 e. The van der Waals surface area contributed by atoms with E-state index in [-0.39, 0.29) is 0 Å². The molecule has 1 aliphatic carbocycles. The van der Waals surface area contributed by atoms with Crippen molar-refractivity contribution in [3.8, 4) is 0 Å². The lowest BCUT2D eigenvalue weighted by Crippen LogP contribution is -2.31. The van der Waals surface area contributed by atoms with Crippen LogP contribution in [-0.2, 0) is 0 Å². The third-order valence-corrected chi connectivity index (χ3v) is 4.75. The van der Waals surface area contributed by atoms with Crippen LogP contribution in [0.1, 0.15) is 39.5 Å². The van der Waals surface area contributed by atoms with Crippen LogP contribution in [0.15, 0.2) is 36.0 Å². The predicted molar refractivity (Wildman–Crippen MR) is 77.1 cm³/mol. The molecule has 1 fully saturated rings. The lowest BCUT2D eigenvalue weighted by molar-refractivity contribution is -0.557. The molecular formula is C17H24N+. The molecule has 96 valence electrons. The molecule has 1 heteroatoms. The Labute approximate surface area is 111 Å². The third-order valence-electron chi connectivity index (χ3n) is 4.75. The molecule has 3 atom stereocenters. The molecule has 0 N–H and O–H groups in total. The fourth-order valence-electron chi connectivity index (χ4n) is 3.55. The third kappa shape index (κ3) is 2.11. The maximum atomic E-state index is 2.70. The van der Waals surface area contributed by atoms with Gasteiger partial charge in [-0.15, -0.1) is 0 Å². The Morgan fingerprint density at radius 2 is 2.17 bits per heavy atom. The zero-order chi connectivity index (χ0) is 12.5. The van der Waals surface area contributed by atoms with Crippen molar-refractivity contribution in [1.29, 1.82) is 0 Å². The van der Waals surface area contributed by atoms with Crippen molar-refractivity contribution in [2.24, 2.45) is 11.8 Å². The molecule has 3 aliphatic rings. The zero-order valence-corrected chi connectivity index (χ0v) is 11.6. The fraction of sp³-hybridized carbons (Fsp3) is 0.588. The van der Waals surface area contributed by atoms with Gasteiger partial charge in [0, 0.05) is 24.7 Å². The quantitative estimate of drug-likeness (QED) is 0.524. The van der Waals surface area contributed by atoms with Gasteiger partial charge in [-0.1, -0.05) is 29.9 Å². The standard InChI is InChI=1S/C17H24N/c1-3-13(2)8-4-5-9-16-14-12-15(14)17-10-6-7-11-18(16)17/h3-5,8-9,14-16H,6-7,10-12H2,1-2H3/q+1. The molecule has 0 radical (unpaired) electrons. The molecule has 0 amide bonds. The van der Waals surface area contributed by atoms with Crippen LogP contribution in [0.3, 0.4) is 0 Å². The minimum absolute atomic E-state index is 0.709. The summed E-state index contributed by atoms with van der Waals surface area (Å²) in [6, 6.07) is 0.709. The summed E-state index contributed by atoms with van der Waals surface area (Å²) in [5.74, 6) is 1.91. The van der Waals surface area contributed by atoms with Crippen molar-refractivity contribution in [3.05, 3.63) is 36.0 Å². The predicted octanol–water partition coefficient (Wildman–Crippen LogP) is 3.72. The van der Waals surface area contributed by atoms with Crippen molar-refractivity contribution in [1.82, 2.24) is 0 Å². The first kappa shape index (κ1) is 12.0. The highest BCUT2D eigenvalue weighted by Crippen LogP contribution is 2.50. The van der Waals surface area contributed by atoms with E-state index in [0.29, 0.717) is 6.04 Å². The summed E-state index contributed by atoms with van der Waals surface area (Å²) in [4.78, 5) is 0. The Morgan fingerprint density at radius 1 is 1.28 bits per heavy atom. The number of hydrogen-bond donors (Lipinski definition) is 0. The van der Waals surface area contributed by atoms with Gasteiger partial charge in [0.15, 0.2) is 11.8 Å². The first-order chi connectivity index (χ1) is 8.81. The average molecular weight is 242 g/mol. The first-order valence-electron chi connectivity index (χ1n) is 7.41. The summed E-state index contributed by atoms with van der Waals surface area (Å²) < 4.78 is 2.70. The highest BCUT2D eigenvalue weighted by molar-refractivity contribution is 5.87. The average Bonchev–Trinajstić information content (AvgIpc) is 3.13. The van der Waals surface area contributed by atoms with Crippen LogP contribution in [0.2, 0.25) is 0 Å². The lowest BCUT2D eigenvalue weighted by Gasteiger charge is -2.15. The van der Waals surface area contributed by atoms with Crippen molar-refractivity contribution >= 4 is 5.71 Å². The largest absolute Gasteiger partial charge is 0.230 e. The van der Waals surface area contributed by atoms with Gasteiger partial charge in [0.25, 0.3) is 0 Å². The molecule has 1 nitrogen and oxygen atoms in total. The van der Waals surface area contributed by atoms with Crippen LogP contribution in [0.25, 0.3) is 0 Å². The van der Waals surface area contributed by atoms with Crippen LogP contribution >= 0.6 is 0 Å². The van der Waals surface area contributed by atoms with E-state index in [1.165, 1.54) is 37.8 Å². The molecule has 0 bridgehead atoms. The molecule has 2 heterocycles. The molecule has 3 rings (SSSR count). The molecule has 0 aromatic carbocycles. The summed E-state index contributed by atoms with van der Waals surface area (Å²) >= 11 is 0. The molecule has 2 aliphatic heterocycles. The number of nitrogens with zero attached hydrogens (tertiary/aromatic N) is 1. The van der Waals surface area contributed by atoms with Gasteiger partial charge in [0.1, 0.15) is 6.54 Å². The Balaban J connectivity index is 1.68. The Kier molecular flexibility index (Phi) is 3.23. The van der Waals surface area contributed by atoms with Crippen molar-refractivity contribution in [2.75, 3.05) is 6.54 Å².